The van der Waals surface area contributed by atoms with E-state index in [0.717, 1.165) is 39.1 Å². The fourth-order valence-corrected chi connectivity index (χ4v) is 2.16. The molecule has 1 heterocycles. The highest BCUT2D eigenvalue weighted by Crippen LogP contribution is 2.02. The quantitative estimate of drug-likeness (QED) is 0.606. The second kappa shape index (κ2) is 9.28. The molecule has 0 aromatic rings. The Morgan fingerprint density at radius 2 is 2.21 bits per heavy atom. The molecule has 5 nitrogen and oxygen atoms in total. The molecule has 1 aliphatic rings. The van der Waals surface area contributed by atoms with Crippen molar-refractivity contribution in [2.75, 3.05) is 26.3 Å². The largest absolute Gasteiger partial charge is 0.379 e. The minimum absolute atomic E-state index is 0.133. The first-order chi connectivity index (χ1) is 9.11. The van der Waals surface area contributed by atoms with Gasteiger partial charge in [0.2, 0.25) is 5.91 Å². The van der Waals surface area contributed by atoms with Gasteiger partial charge in [0.25, 0.3) is 0 Å². The normalized spacial score (nSPS) is 22.8. The standard InChI is InChI=1S/C14H29N3O2/c1-4-11(2)17-14(18)5-6-15-12(3)9-13-10-19-8-7-16-13/h11-13,15-16H,4-10H2,1-3H3,(H,17,18). The predicted octanol–water partition coefficient (Wildman–Crippen LogP) is 0.648. The molecule has 0 spiro atoms. The average molecular weight is 271 g/mol. The van der Waals surface area contributed by atoms with Crippen molar-refractivity contribution in [2.24, 2.45) is 0 Å². The van der Waals surface area contributed by atoms with Gasteiger partial charge in [-0.2, -0.15) is 0 Å². The minimum atomic E-state index is 0.133. The molecule has 1 amide bonds. The van der Waals surface area contributed by atoms with E-state index >= 15 is 0 Å². The van der Waals surface area contributed by atoms with Crippen LogP contribution in [0.15, 0.2) is 0 Å². The van der Waals surface area contributed by atoms with Crippen molar-refractivity contribution in [1.29, 1.82) is 0 Å². The number of hydrogen-bond donors (Lipinski definition) is 3. The van der Waals surface area contributed by atoms with Crippen molar-refractivity contribution in [1.82, 2.24) is 16.0 Å². The molecule has 0 aromatic carbocycles. The summed E-state index contributed by atoms with van der Waals surface area (Å²) in [6.45, 7) is 9.54. The number of ether oxygens (including phenoxy) is 1. The molecule has 3 N–H and O–H groups in total. The summed E-state index contributed by atoms with van der Waals surface area (Å²) >= 11 is 0. The SMILES string of the molecule is CCC(C)NC(=O)CCNC(C)CC1COCCN1. The predicted molar refractivity (Wildman–Crippen MR) is 77.2 cm³/mol. The zero-order chi connectivity index (χ0) is 14.1. The van der Waals surface area contributed by atoms with Gasteiger partial charge in [0.1, 0.15) is 0 Å². The highest BCUT2D eigenvalue weighted by molar-refractivity contribution is 5.76. The molecule has 5 heteroatoms. The molecule has 0 aromatic heterocycles. The maximum absolute atomic E-state index is 11.6. The summed E-state index contributed by atoms with van der Waals surface area (Å²) in [7, 11) is 0. The van der Waals surface area contributed by atoms with Crippen LogP contribution in [0.25, 0.3) is 0 Å². The molecule has 1 aliphatic heterocycles. The Morgan fingerprint density at radius 3 is 2.84 bits per heavy atom. The third kappa shape index (κ3) is 7.50. The van der Waals surface area contributed by atoms with Crippen LogP contribution in [-0.4, -0.2) is 50.3 Å². The van der Waals surface area contributed by atoms with E-state index < -0.39 is 0 Å². The summed E-state index contributed by atoms with van der Waals surface area (Å²) in [5.41, 5.74) is 0. The summed E-state index contributed by atoms with van der Waals surface area (Å²) in [4.78, 5) is 11.6. The zero-order valence-corrected chi connectivity index (χ0v) is 12.5. The van der Waals surface area contributed by atoms with Gasteiger partial charge in [0.05, 0.1) is 13.2 Å². The zero-order valence-electron chi connectivity index (χ0n) is 12.5. The van der Waals surface area contributed by atoms with Crippen LogP contribution in [0.2, 0.25) is 0 Å². The first-order valence-corrected chi connectivity index (χ1v) is 7.45. The molecule has 3 atom stereocenters. The number of rotatable bonds is 8. The van der Waals surface area contributed by atoms with E-state index in [1.807, 2.05) is 6.92 Å². The van der Waals surface area contributed by atoms with Gasteiger partial charge in [0.15, 0.2) is 0 Å². The fourth-order valence-electron chi connectivity index (χ4n) is 2.16. The van der Waals surface area contributed by atoms with Crippen LogP contribution >= 0.6 is 0 Å². The lowest BCUT2D eigenvalue weighted by atomic mass is 10.1. The summed E-state index contributed by atoms with van der Waals surface area (Å²) in [6, 6.07) is 1.11. The molecular weight excluding hydrogens is 242 g/mol. The summed E-state index contributed by atoms with van der Waals surface area (Å²) in [6.07, 6.45) is 2.55. The van der Waals surface area contributed by atoms with Crippen molar-refractivity contribution in [3.8, 4) is 0 Å². The van der Waals surface area contributed by atoms with E-state index in [-0.39, 0.29) is 11.9 Å². The summed E-state index contributed by atoms with van der Waals surface area (Å²) in [5.74, 6) is 0.133. The maximum Gasteiger partial charge on any atom is 0.221 e. The molecule has 0 bridgehead atoms. The number of hydrogen-bond acceptors (Lipinski definition) is 4. The number of amides is 1. The van der Waals surface area contributed by atoms with Gasteiger partial charge in [-0.3, -0.25) is 4.79 Å². The van der Waals surface area contributed by atoms with Crippen LogP contribution in [-0.2, 0) is 9.53 Å². The Balaban J connectivity index is 2.06. The van der Waals surface area contributed by atoms with E-state index in [2.05, 4.69) is 29.8 Å². The van der Waals surface area contributed by atoms with Crippen LogP contribution in [0.3, 0.4) is 0 Å². The molecule has 19 heavy (non-hydrogen) atoms. The fraction of sp³-hybridized carbons (Fsp3) is 0.929. The second-order valence-electron chi connectivity index (χ2n) is 5.44. The highest BCUT2D eigenvalue weighted by atomic mass is 16.5. The molecular formula is C14H29N3O2. The average Bonchev–Trinajstić information content (AvgIpc) is 2.39. The van der Waals surface area contributed by atoms with Crippen LogP contribution in [0.1, 0.15) is 40.0 Å². The maximum atomic E-state index is 11.6. The monoisotopic (exact) mass is 271 g/mol. The molecule has 0 saturated carbocycles. The third-order valence-corrected chi connectivity index (χ3v) is 3.50. The Kier molecular flexibility index (Phi) is 8.02. The van der Waals surface area contributed by atoms with Gasteiger partial charge in [0, 0.05) is 37.6 Å². The molecule has 0 aliphatic carbocycles. The van der Waals surface area contributed by atoms with Crippen LogP contribution < -0.4 is 16.0 Å². The van der Waals surface area contributed by atoms with Gasteiger partial charge < -0.3 is 20.7 Å². The van der Waals surface area contributed by atoms with Gasteiger partial charge in [-0.1, -0.05) is 6.92 Å². The van der Waals surface area contributed by atoms with Crippen molar-refractivity contribution >= 4 is 5.91 Å². The summed E-state index contributed by atoms with van der Waals surface area (Å²) < 4.78 is 5.43. The van der Waals surface area contributed by atoms with E-state index in [1.165, 1.54) is 0 Å². The van der Waals surface area contributed by atoms with E-state index in [1.54, 1.807) is 0 Å². The Bertz CT molecular complexity index is 255. The molecule has 0 radical (unpaired) electrons. The first-order valence-electron chi connectivity index (χ1n) is 7.45. The van der Waals surface area contributed by atoms with Crippen LogP contribution in [0.4, 0.5) is 0 Å². The van der Waals surface area contributed by atoms with Crippen LogP contribution in [0.5, 0.6) is 0 Å². The van der Waals surface area contributed by atoms with E-state index in [4.69, 9.17) is 4.74 Å². The lowest BCUT2D eigenvalue weighted by Gasteiger charge is -2.26. The minimum Gasteiger partial charge on any atom is -0.379 e. The van der Waals surface area contributed by atoms with Gasteiger partial charge in [-0.25, -0.2) is 0 Å². The highest BCUT2D eigenvalue weighted by Gasteiger charge is 2.16. The Morgan fingerprint density at radius 1 is 1.42 bits per heavy atom. The van der Waals surface area contributed by atoms with Gasteiger partial charge in [-0.05, 0) is 26.7 Å². The number of morpholine rings is 1. The topological polar surface area (TPSA) is 62.4 Å². The Labute approximate surface area is 116 Å². The molecule has 112 valence electrons. The van der Waals surface area contributed by atoms with Crippen molar-refractivity contribution in [3.05, 3.63) is 0 Å². The molecule has 1 fully saturated rings. The number of nitrogens with one attached hydrogen (secondary N) is 3. The van der Waals surface area contributed by atoms with Crippen molar-refractivity contribution in [2.45, 2.75) is 58.2 Å². The lowest BCUT2D eigenvalue weighted by molar-refractivity contribution is -0.121. The van der Waals surface area contributed by atoms with Gasteiger partial charge >= 0.3 is 0 Å². The van der Waals surface area contributed by atoms with Crippen molar-refractivity contribution in [3.63, 3.8) is 0 Å². The first kappa shape index (κ1) is 16.4. The molecule has 1 saturated heterocycles. The number of carbonyl (C=O) groups is 1. The smallest absolute Gasteiger partial charge is 0.221 e. The number of carbonyl (C=O) groups excluding carboxylic acids is 1. The second-order valence-corrected chi connectivity index (χ2v) is 5.44. The van der Waals surface area contributed by atoms with E-state index in [9.17, 15) is 4.79 Å². The van der Waals surface area contributed by atoms with E-state index in [0.29, 0.717) is 18.5 Å². The van der Waals surface area contributed by atoms with Gasteiger partial charge in [-0.15, -0.1) is 0 Å². The van der Waals surface area contributed by atoms with Crippen molar-refractivity contribution < 1.29 is 9.53 Å². The lowest BCUT2D eigenvalue weighted by Crippen LogP contribution is -2.45. The Hall–Kier alpha value is -0.650. The summed E-state index contributed by atoms with van der Waals surface area (Å²) in [5, 5.41) is 9.81. The molecule has 3 unspecified atom stereocenters. The van der Waals surface area contributed by atoms with Crippen LogP contribution in [0, 0.1) is 0 Å². The third-order valence-electron chi connectivity index (χ3n) is 3.50. The molecule has 1 rings (SSSR count).